The number of amides is 1. The van der Waals surface area contributed by atoms with Gasteiger partial charge < -0.3 is 40.7 Å². The van der Waals surface area contributed by atoms with Gasteiger partial charge in [-0.15, -0.1) is 0 Å². The fourth-order valence-corrected chi connectivity index (χ4v) is 2.70. The van der Waals surface area contributed by atoms with Crippen molar-refractivity contribution >= 4 is 19.0 Å². The Morgan fingerprint density at radius 2 is 2.00 bits per heavy atom. The van der Waals surface area contributed by atoms with E-state index in [0.29, 0.717) is 0 Å². The number of rotatable bonds is 8. The van der Waals surface area contributed by atoms with Crippen LogP contribution < -0.4 is 10.5 Å². The summed E-state index contributed by atoms with van der Waals surface area (Å²) in [6.45, 7) is 1.77. The van der Waals surface area contributed by atoms with Gasteiger partial charge in [-0.25, -0.2) is 4.79 Å². The van der Waals surface area contributed by atoms with E-state index in [-0.39, 0.29) is 37.1 Å². The number of phenols is 1. The molecule has 1 heterocycles. The molecule has 27 heavy (non-hydrogen) atoms. The van der Waals surface area contributed by atoms with Crippen molar-refractivity contribution in [2.75, 3.05) is 13.1 Å². The normalized spacial score (nSPS) is 16.4. The highest BCUT2D eigenvalue weighted by molar-refractivity contribution is 6.41. The van der Waals surface area contributed by atoms with Crippen molar-refractivity contribution in [3.05, 3.63) is 23.3 Å². The number of aryl methyl sites for hydroxylation is 1. The van der Waals surface area contributed by atoms with Crippen LogP contribution in [0.1, 0.15) is 22.8 Å². The number of hydrogen-bond donors (Lipinski definition) is 6. The van der Waals surface area contributed by atoms with Gasteiger partial charge in [0.25, 0.3) is 0 Å². The van der Waals surface area contributed by atoms with Crippen LogP contribution in [0.3, 0.4) is 0 Å². The van der Waals surface area contributed by atoms with Gasteiger partial charge in [0.05, 0.1) is 19.2 Å². The summed E-state index contributed by atoms with van der Waals surface area (Å²) in [5, 5.41) is 46.8. The predicted molar refractivity (Wildman–Crippen MR) is 94.4 cm³/mol. The van der Waals surface area contributed by atoms with Gasteiger partial charge in [0.2, 0.25) is 5.91 Å². The molecule has 2 atom stereocenters. The minimum atomic E-state index is -1.57. The van der Waals surface area contributed by atoms with Crippen LogP contribution in [0.15, 0.2) is 12.1 Å². The Morgan fingerprint density at radius 3 is 2.52 bits per heavy atom. The Kier molecular flexibility index (Phi) is 6.66. The van der Waals surface area contributed by atoms with Crippen LogP contribution in [0, 0.1) is 0 Å². The minimum absolute atomic E-state index is 0.0507. The maximum absolute atomic E-state index is 12.0. The number of aliphatic hydroxyl groups excluding tert-OH is 1. The second-order valence-electron chi connectivity index (χ2n) is 6.52. The van der Waals surface area contributed by atoms with Crippen LogP contribution in [-0.4, -0.2) is 80.6 Å². The van der Waals surface area contributed by atoms with E-state index in [1.165, 1.54) is 24.0 Å². The molecule has 1 aliphatic heterocycles. The van der Waals surface area contributed by atoms with E-state index < -0.39 is 48.6 Å². The lowest BCUT2D eigenvalue weighted by atomic mass is 9.82. The number of nitrogens with two attached hydrogens (primary N) is 1. The summed E-state index contributed by atoms with van der Waals surface area (Å²) in [6.07, 6.45) is -1.45. The lowest BCUT2D eigenvalue weighted by Crippen LogP contribution is -2.61. The molecule has 0 bridgehead atoms. The van der Waals surface area contributed by atoms with E-state index in [1.54, 1.807) is 0 Å². The summed E-state index contributed by atoms with van der Waals surface area (Å²) in [6, 6.07) is 1.80. The summed E-state index contributed by atoms with van der Waals surface area (Å²) in [5.41, 5.74) is 5.42. The van der Waals surface area contributed by atoms with Gasteiger partial charge in [-0.2, -0.15) is 0 Å². The van der Waals surface area contributed by atoms with Gasteiger partial charge in [0, 0.05) is 0 Å². The molecule has 1 fully saturated rings. The van der Waals surface area contributed by atoms with Crippen LogP contribution in [0.5, 0.6) is 11.5 Å². The molecule has 1 amide bonds. The topological polar surface area (TPSA) is 174 Å². The van der Waals surface area contributed by atoms with Crippen LogP contribution in [0.2, 0.25) is 6.32 Å². The molecule has 148 valence electrons. The van der Waals surface area contributed by atoms with Gasteiger partial charge in [-0.05, 0) is 31.3 Å². The number of aromatic hydroxyl groups is 1. The van der Waals surface area contributed by atoms with E-state index in [1.807, 2.05) is 0 Å². The zero-order valence-corrected chi connectivity index (χ0v) is 14.8. The number of aromatic carboxylic acids is 1. The molecule has 11 heteroatoms. The third-order valence-corrected chi connectivity index (χ3v) is 4.37. The van der Waals surface area contributed by atoms with Crippen molar-refractivity contribution in [2.45, 2.75) is 37.9 Å². The molecule has 0 spiro atoms. The number of aliphatic hydroxyl groups is 1. The molecular formula is C16H23BN2O8. The highest BCUT2D eigenvalue weighted by atomic mass is 16.5. The first kappa shape index (κ1) is 21.0. The van der Waals surface area contributed by atoms with Gasteiger partial charge in [-0.3, -0.25) is 4.79 Å². The molecule has 0 aromatic heterocycles. The molecule has 1 unspecified atom stereocenters. The number of ether oxygens (including phenoxy) is 1. The van der Waals surface area contributed by atoms with E-state index >= 15 is 0 Å². The van der Waals surface area contributed by atoms with E-state index in [9.17, 15) is 24.9 Å². The summed E-state index contributed by atoms with van der Waals surface area (Å²) < 4.78 is 5.59. The highest BCUT2D eigenvalue weighted by Crippen LogP contribution is 2.34. The second kappa shape index (κ2) is 8.57. The Morgan fingerprint density at radius 1 is 1.37 bits per heavy atom. The average Bonchev–Trinajstić information content (AvgIpc) is 2.54. The first-order chi connectivity index (χ1) is 12.6. The Labute approximate surface area is 155 Å². The fourth-order valence-electron chi connectivity index (χ4n) is 2.70. The molecule has 10 nitrogen and oxygen atoms in total. The van der Waals surface area contributed by atoms with Crippen LogP contribution >= 0.6 is 0 Å². The maximum atomic E-state index is 12.0. The summed E-state index contributed by atoms with van der Waals surface area (Å²) in [7, 11) is -1.57. The van der Waals surface area contributed by atoms with Gasteiger partial charge in [0.15, 0.2) is 0 Å². The molecule has 0 saturated carbocycles. The zero-order valence-electron chi connectivity index (χ0n) is 14.8. The molecule has 0 aliphatic carbocycles. The Hall–Kier alpha value is -2.34. The zero-order chi connectivity index (χ0) is 20.3. The summed E-state index contributed by atoms with van der Waals surface area (Å²) >= 11 is 0. The molecule has 7 N–H and O–H groups in total. The number of carbonyl (C=O) groups is 2. The van der Waals surface area contributed by atoms with E-state index in [0.717, 1.165) is 0 Å². The highest BCUT2D eigenvalue weighted by Gasteiger charge is 2.37. The minimum Gasteiger partial charge on any atom is -0.507 e. The molecular weight excluding hydrogens is 359 g/mol. The Bertz CT molecular complexity index is 706. The van der Waals surface area contributed by atoms with Crippen LogP contribution in [0.25, 0.3) is 0 Å². The van der Waals surface area contributed by atoms with Crippen molar-refractivity contribution in [1.82, 2.24) is 4.90 Å². The van der Waals surface area contributed by atoms with Crippen molar-refractivity contribution in [2.24, 2.45) is 5.73 Å². The average molecular weight is 382 g/mol. The largest absolute Gasteiger partial charge is 0.507 e. The van der Waals surface area contributed by atoms with Gasteiger partial charge >= 0.3 is 13.1 Å². The van der Waals surface area contributed by atoms with E-state index in [4.69, 9.17) is 20.5 Å². The number of nitrogens with zero attached hydrogens (tertiary/aromatic N) is 1. The molecule has 1 aromatic carbocycles. The Balaban J connectivity index is 2.06. The molecule has 2 rings (SSSR count). The fraction of sp³-hybridized carbons (Fsp3) is 0.500. The molecule has 1 aromatic rings. The van der Waals surface area contributed by atoms with Crippen molar-refractivity contribution in [3.8, 4) is 11.5 Å². The molecule has 1 aliphatic rings. The van der Waals surface area contributed by atoms with Crippen molar-refractivity contribution in [1.29, 1.82) is 0 Å². The standard InChI is InChI=1S/C16H23BN2O8/c1-8(20)13(18)15(22)19-6-10(7-19)27-11-3-2-9(4-5-17(25)26)14(21)12(11)16(23)24/h2-3,8,10,13,20-21,25-26H,4-7,18H2,1H3,(H,23,24)/t8?,13-/m0/s1. The van der Waals surface area contributed by atoms with Crippen molar-refractivity contribution < 1.29 is 39.7 Å². The molecule has 0 radical (unpaired) electrons. The van der Waals surface area contributed by atoms with Crippen molar-refractivity contribution in [3.63, 3.8) is 0 Å². The van der Waals surface area contributed by atoms with Crippen LogP contribution in [0.4, 0.5) is 0 Å². The second-order valence-corrected chi connectivity index (χ2v) is 6.52. The summed E-state index contributed by atoms with van der Waals surface area (Å²) in [4.78, 5) is 24.9. The number of carbonyl (C=O) groups excluding carboxylic acids is 1. The SMILES string of the molecule is CC(O)[C@H](N)C(=O)N1CC(Oc2ccc(CCB(O)O)c(O)c2C(=O)O)C1. The quantitative estimate of drug-likeness (QED) is 0.290. The number of likely N-dealkylation sites (tertiary alicyclic amines) is 1. The summed E-state index contributed by atoms with van der Waals surface area (Å²) in [5.74, 6) is -2.37. The van der Waals surface area contributed by atoms with E-state index in [2.05, 4.69) is 0 Å². The monoisotopic (exact) mass is 382 g/mol. The van der Waals surface area contributed by atoms with Gasteiger partial charge in [-0.1, -0.05) is 6.07 Å². The number of benzene rings is 1. The van der Waals surface area contributed by atoms with Gasteiger partial charge in [0.1, 0.15) is 29.2 Å². The number of hydrogen-bond acceptors (Lipinski definition) is 8. The lowest BCUT2D eigenvalue weighted by Gasteiger charge is -2.40. The third-order valence-electron chi connectivity index (χ3n) is 4.37. The van der Waals surface area contributed by atoms with Crippen LogP contribution in [-0.2, 0) is 11.2 Å². The maximum Gasteiger partial charge on any atom is 0.451 e. The number of carboxylic acid groups (broad SMARTS) is 1. The first-order valence-electron chi connectivity index (χ1n) is 8.45. The number of carboxylic acids is 1. The smallest absolute Gasteiger partial charge is 0.451 e. The predicted octanol–water partition coefficient (Wildman–Crippen LogP) is -1.60. The lowest BCUT2D eigenvalue weighted by molar-refractivity contribution is -0.143. The third kappa shape index (κ3) is 4.89. The molecule has 1 saturated heterocycles. The first-order valence-corrected chi connectivity index (χ1v) is 8.45.